The van der Waals surface area contributed by atoms with E-state index in [1.165, 1.54) is 12.3 Å². The quantitative estimate of drug-likeness (QED) is 0.314. The third kappa shape index (κ3) is 5.55. The van der Waals surface area contributed by atoms with Crippen molar-refractivity contribution in [3.63, 3.8) is 0 Å². The van der Waals surface area contributed by atoms with Crippen LogP contribution in [0.25, 0.3) is 0 Å². The lowest BCUT2D eigenvalue weighted by Gasteiger charge is -2.09. The van der Waals surface area contributed by atoms with Crippen LogP contribution in [0.3, 0.4) is 0 Å². The molecular weight excluding hydrogens is 497 g/mol. The lowest BCUT2D eigenvalue weighted by atomic mass is 10.1. The molecule has 162 valence electrons. The van der Waals surface area contributed by atoms with E-state index in [1.54, 1.807) is 53.3 Å². The first-order valence-corrected chi connectivity index (χ1v) is 10.9. The Hall–Kier alpha value is -3.16. The molecule has 0 spiro atoms. The second-order valence-corrected chi connectivity index (χ2v) is 8.36. The predicted molar refractivity (Wildman–Crippen MR) is 126 cm³/mol. The van der Waals surface area contributed by atoms with Gasteiger partial charge in [0.15, 0.2) is 0 Å². The van der Waals surface area contributed by atoms with E-state index in [1.807, 2.05) is 18.2 Å². The van der Waals surface area contributed by atoms with Gasteiger partial charge in [-0.3, -0.25) is 9.48 Å². The highest BCUT2D eigenvalue weighted by Crippen LogP contribution is 2.28. The van der Waals surface area contributed by atoms with Gasteiger partial charge in [-0.05, 0) is 42.0 Å². The van der Waals surface area contributed by atoms with Gasteiger partial charge >= 0.3 is 0 Å². The van der Waals surface area contributed by atoms with Crippen LogP contribution in [-0.4, -0.2) is 15.7 Å². The number of nitrogens with one attached hydrogen (secondary N) is 1. The fraction of sp³-hybridized carbons (Fsp3) is 0.0833. The van der Waals surface area contributed by atoms with Crippen molar-refractivity contribution in [1.82, 2.24) is 9.78 Å². The molecule has 1 aromatic heterocycles. The molecule has 1 N–H and O–H groups in total. The Morgan fingerprint density at radius 1 is 1.12 bits per heavy atom. The number of nitrogens with zero attached hydrogens (tertiary/aromatic N) is 2. The van der Waals surface area contributed by atoms with Crippen LogP contribution >= 0.6 is 27.5 Å². The van der Waals surface area contributed by atoms with Gasteiger partial charge in [0.25, 0.3) is 5.91 Å². The van der Waals surface area contributed by atoms with E-state index >= 15 is 0 Å². The SMILES string of the molecule is O=C(Nc1cnn(Cc2ccccc2F)c1)c1ccc(COc2ccc(Br)cc2Cl)cc1. The highest BCUT2D eigenvalue weighted by molar-refractivity contribution is 9.10. The molecule has 32 heavy (non-hydrogen) atoms. The molecular formula is C24H18BrClFN3O2. The summed E-state index contributed by atoms with van der Waals surface area (Å²) in [6, 6.07) is 19.0. The van der Waals surface area contributed by atoms with Crippen LogP contribution in [0.4, 0.5) is 10.1 Å². The normalized spacial score (nSPS) is 10.7. The molecule has 1 heterocycles. The Balaban J connectivity index is 1.34. The number of ether oxygens (including phenoxy) is 1. The van der Waals surface area contributed by atoms with E-state index in [9.17, 15) is 9.18 Å². The molecule has 0 saturated heterocycles. The fourth-order valence-corrected chi connectivity index (χ4v) is 3.75. The third-order valence-corrected chi connectivity index (χ3v) is 5.47. The summed E-state index contributed by atoms with van der Waals surface area (Å²) in [7, 11) is 0. The molecule has 0 saturated carbocycles. The van der Waals surface area contributed by atoms with Crippen LogP contribution in [0, 0.1) is 5.82 Å². The minimum absolute atomic E-state index is 0.265. The van der Waals surface area contributed by atoms with Crippen LogP contribution in [-0.2, 0) is 13.2 Å². The number of anilines is 1. The summed E-state index contributed by atoms with van der Waals surface area (Å²) in [5, 5.41) is 7.50. The molecule has 0 aliphatic rings. The average molecular weight is 515 g/mol. The Morgan fingerprint density at radius 2 is 1.91 bits per heavy atom. The van der Waals surface area contributed by atoms with Gasteiger partial charge in [-0.15, -0.1) is 0 Å². The van der Waals surface area contributed by atoms with Gasteiger partial charge in [0.1, 0.15) is 18.2 Å². The van der Waals surface area contributed by atoms with E-state index < -0.39 is 0 Å². The Labute approximate surface area is 197 Å². The number of aromatic nitrogens is 2. The lowest BCUT2D eigenvalue weighted by molar-refractivity contribution is 0.102. The van der Waals surface area contributed by atoms with Crippen molar-refractivity contribution in [2.75, 3.05) is 5.32 Å². The summed E-state index contributed by atoms with van der Waals surface area (Å²) >= 11 is 9.52. The summed E-state index contributed by atoms with van der Waals surface area (Å²) in [5.41, 5.74) is 2.45. The maximum Gasteiger partial charge on any atom is 0.255 e. The van der Waals surface area contributed by atoms with E-state index in [4.69, 9.17) is 16.3 Å². The second kappa shape index (κ2) is 9.97. The maximum atomic E-state index is 13.8. The fourth-order valence-electron chi connectivity index (χ4n) is 3.02. The minimum Gasteiger partial charge on any atom is -0.487 e. The van der Waals surface area contributed by atoms with Crippen LogP contribution in [0.15, 0.2) is 83.6 Å². The Morgan fingerprint density at radius 3 is 2.66 bits per heavy atom. The average Bonchev–Trinajstić information content (AvgIpc) is 3.22. The monoisotopic (exact) mass is 513 g/mol. The van der Waals surface area contributed by atoms with Gasteiger partial charge in [0, 0.05) is 21.8 Å². The molecule has 0 bridgehead atoms. The van der Waals surface area contributed by atoms with Gasteiger partial charge < -0.3 is 10.1 Å². The number of amides is 1. The zero-order chi connectivity index (χ0) is 22.5. The smallest absolute Gasteiger partial charge is 0.255 e. The van der Waals surface area contributed by atoms with Crippen molar-refractivity contribution in [1.29, 1.82) is 0 Å². The minimum atomic E-state index is -0.292. The van der Waals surface area contributed by atoms with E-state index in [-0.39, 0.29) is 18.3 Å². The molecule has 4 aromatic rings. The number of carbonyl (C=O) groups excluding carboxylic acids is 1. The van der Waals surface area contributed by atoms with Crippen molar-refractivity contribution in [2.45, 2.75) is 13.2 Å². The molecule has 8 heteroatoms. The van der Waals surface area contributed by atoms with Gasteiger partial charge in [0.2, 0.25) is 0 Å². The van der Waals surface area contributed by atoms with Gasteiger partial charge in [0.05, 0.1) is 23.5 Å². The van der Waals surface area contributed by atoms with Gasteiger partial charge in [-0.2, -0.15) is 5.10 Å². The van der Waals surface area contributed by atoms with Crippen LogP contribution in [0.5, 0.6) is 5.75 Å². The van der Waals surface area contributed by atoms with E-state index in [0.29, 0.717) is 34.2 Å². The Kier molecular flexibility index (Phi) is 6.87. The molecule has 0 fully saturated rings. The highest BCUT2D eigenvalue weighted by atomic mass is 79.9. The summed E-state index contributed by atoms with van der Waals surface area (Å²) in [4.78, 5) is 12.5. The molecule has 1 amide bonds. The topological polar surface area (TPSA) is 56.2 Å². The van der Waals surface area contributed by atoms with Crippen molar-refractivity contribution < 1.29 is 13.9 Å². The number of rotatable bonds is 7. The van der Waals surface area contributed by atoms with Crippen molar-refractivity contribution >= 4 is 39.1 Å². The molecule has 0 aliphatic carbocycles. The van der Waals surface area contributed by atoms with Crippen LogP contribution < -0.4 is 10.1 Å². The number of hydrogen-bond donors (Lipinski definition) is 1. The van der Waals surface area contributed by atoms with E-state index in [0.717, 1.165) is 10.0 Å². The van der Waals surface area contributed by atoms with Crippen LogP contribution in [0.2, 0.25) is 5.02 Å². The zero-order valence-electron chi connectivity index (χ0n) is 16.8. The van der Waals surface area contributed by atoms with Gasteiger partial charge in [-0.1, -0.05) is 57.9 Å². The third-order valence-electron chi connectivity index (χ3n) is 4.69. The second-order valence-electron chi connectivity index (χ2n) is 7.03. The predicted octanol–water partition coefficient (Wildman–Crippen LogP) is 6.32. The first-order valence-electron chi connectivity index (χ1n) is 9.72. The number of benzene rings is 3. The summed E-state index contributed by atoms with van der Waals surface area (Å²) < 4.78 is 22.0. The van der Waals surface area contributed by atoms with Crippen molar-refractivity contribution in [2.24, 2.45) is 0 Å². The lowest BCUT2D eigenvalue weighted by Crippen LogP contribution is -2.11. The summed E-state index contributed by atoms with van der Waals surface area (Å²) in [6.07, 6.45) is 3.19. The molecule has 4 rings (SSSR count). The standard InChI is InChI=1S/C24H18BrClFN3O2/c25-19-9-10-23(21(26)11-19)32-15-16-5-7-17(8-6-16)24(31)29-20-12-28-30(14-20)13-18-3-1-2-4-22(18)27/h1-12,14H,13,15H2,(H,29,31). The molecule has 5 nitrogen and oxygen atoms in total. The Bertz CT molecular complexity index is 1240. The number of carbonyl (C=O) groups is 1. The number of hydrogen-bond acceptors (Lipinski definition) is 3. The molecule has 3 aromatic carbocycles. The number of halogens is 3. The summed E-state index contributed by atoms with van der Waals surface area (Å²) in [5.74, 6) is 0.0306. The van der Waals surface area contributed by atoms with Crippen molar-refractivity contribution in [3.8, 4) is 5.75 Å². The first-order chi connectivity index (χ1) is 15.5. The van der Waals surface area contributed by atoms with E-state index in [2.05, 4.69) is 26.3 Å². The zero-order valence-corrected chi connectivity index (χ0v) is 19.1. The molecule has 0 radical (unpaired) electrons. The van der Waals surface area contributed by atoms with Crippen molar-refractivity contribution in [3.05, 3.63) is 111 Å². The van der Waals surface area contributed by atoms with Crippen LogP contribution in [0.1, 0.15) is 21.5 Å². The summed E-state index contributed by atoms with van der Waals surface area (Å²) in [6.45, 7) is 0.603. The molecule has 0 atom stereocenters. The molecule has 0 aliphatic heterocycles. The van der Waals surface area contributed by atoms with Gasteiger partial charge in [-0.25, -0.2) is 4.39 Å². The molecule has 0 unspecified atom stereocenters. The maximum absolute atomic E-state index is 13.8. The highest BCUT2D eigenvalue weighted by Gasteiger charge is 2.10. The largest absolute Gasteiger partial charge is 0.487 e. The first kappa shape index (κ1) is 22.0.